The van der Waals surface area contributed by atoms with Crippen LogP contribution >= 0.6 is 0 Å². The molecule has 1 atom stereocenters. The molecule has 1 saturated heterocycles. The van der Waals surface area contributed by atoms with E-state index < -0.39 is 23.7 Å². The van der Waals surface area contributed by atoms with Gasteiger partial charge in [-0.15, -0.1) is 0 Å². The lowest BCUT2D eigenvalue weighted by atomic mass is 10.2. The zero-order chi connectivity index (χ0) is 18.0. The van der Waals surface area contributed by atoms with Crippen LogP contribution in [0.5, 0.6) is 0 Å². The van der Waals surface area contributed by atoms with Gasteiger partial charge in [-0.25, -0.2) is 9.59 Å². The van der Waals surface area contributed by atoms with Crippen molar-refractivity contribution in [3.8, 4) is 0 Å². The second-order valence-electron chi connectivity index (χ2n) is 6.96. The van der Waals surface area contributed by atoms with Crippen LogP contribution in [0.15, 0.2) is 0 Å². The highest BCUT2D eigenvalue weighted by Gasteiger charge is 2.26. The standard InChI is InChI=1S/C17H32N2O5/c1-5-6-11-23-15(20)14(18-16(21)24-17(2,3)4)7-8-19-9-12-22-13-10-19/h14H,5-13H2,1-4H3,(H,18,21)/t14-/m0/s1. The Balaban J connectivity index is 2.53. The number of amides is 1. The molecule has 1 heterocycles. The van der Waals surface area contributed by atoms with Crippen molar-refractivity contribution in [3.63, 3.8) is 0 Å². The molecule has 140 valence electrons. The minimum Gasteiger partial charge on any atom is -0.464 e. The number of hydrogen-bond acceptors (Lipinski definition) is 6. The van der Waals surface area contributed by atoms with Crippen LogP contribution in [-0.4, -0.2) is 68.1 Å². The van der Waals surface area contributed by atoms with E-state index in [-0.39, 0.29) is 0 Å². The molecule has 7 nitrogen and oxygen atoms in total. The number of rotatable bonds is 8. The van der Waals surface area contributed by atoms with E-state index in [2.05, 4.69) is 10.2 Å². The van der Waals surface area contributed by atoms with Crippen molar-refractivity contribution in [2.24, 2.45) is 0 Å². The maximum absolute atomic E-state index is 12.3. The Labute approximate surface area is 145 Å². The number of esters is 1. The molecule has 0 aromatic heterocycles. The van der Waals surface area contributed by atoms with E-state index in [1.54, 1.807) is 20.8 Å². The van der Waals surface area contributed by atoms with Crippen LogP contribution in [0.4, 0.5) is 4.79 Å². The van der Waals surface area contributed by atoms with Gasteiger partial charge in [-0.05, 0) is 33.6 Å². The van der Waals surface area contributed by atoms with E-state index >= 15 is 0 Å². The van der Waals surface area contributed by atoms with Gasteiger partial charge < -0.3 is 19.5 Å². The van der Waals surface area contributed by atoms with Crippen LogP contribution in [0.3, 0.4) is 0 Å². The normalized spacial score (nSPS) is 17.2. The van der Waals surface area contributed by atoms with Crippen LogP contribution < -0.4 is 5.32 Å². The Morgan fingerprint density at radius 2 is 1.92 bits per heavy atom. The number of ether oxygens (including phenoxy) is 3. The molecule has 7 heteroatoms. The first-order valence-corrected chi connectivity index (χ1v) is 8.78. The lowest BCUT2D eigenvalue weighted by Gasteiger charge is -2.28. The van der Waals surface area contributed by atoms with Crippen molar-refractivity contribution >= 4 is 12.1 Å². The van der Waals surface area contributed by atoms with Crippen molar-refractivity contribution in [1.29, 1.82) is 0 Å². The monoisotopic (exact) mass is 344 g/mol. The third-order valence-corrected chi connectivity index (χ3v) is 3.56. The summed E-state index contributed by atoms with van der Waals surface area (Å²) in [5, 5.41) is 2.65. The zero-order valence-electron chi connectivity index (χ0n) is 15.4. The van der Waals surface area contributed by atoms with Crippen LogP contribution in [0, 0.1) is 0 Å². The molecule has 1 amide bonds. The maximum atomic E-state index is 12.3. The highest BCUT2D eigenvalue weighted by molar-refractivity contribution is 5.81. The lowest BCUT2D eigenvalue weighted by Crippen LogP contribution is -2.47. The fourth-order valence-corrected chi connectivity index (χ4v) is 2.25. The number of carbonyl (C=O) groups excluding carboxylic acids is 2. The van der Waals surface area contributed by atoms with Crippen molar-refractivity contribution < 1.29 is 23.8 Å². The number of carbonyl (C=O) groups is 2. The molecule has 1 aliphatic heterocycles. The van der Waals surface area contributed by atoms with Crippen LogP contribution in [0.2, 0.25) is 0 Å². The average molecular weight is 344 g/mol. The largest absolute Gasteiger partial charge is 0.464 e. The van der Waals surface area contributed by atoms with Gasteiger partial charge in [-0.1, -0.05) is 13.3 Å². The Morgan fingerprint density at radius 3 is 2.50 bits per heavy atom. The summed E-state index contributed by atoms with van der Waals surface area (Å²) in [6, 6.07) is -0.695. The van der Waals surface area contributed by atoms with Gasteiger partial charge in [0.2, 0.25) is 0 Å². The van der Waals surface area contributed by atoms with Gasteiger partial charge >= 0.3 is 12.1 Å². The third kappa shape index (κ3) is 9.08. The molecule has 0 saturated carbocycles. The molecule has 0 bridgehead atoms. The predicted molar refractivity (Wildman–Crippen MR) is 90.9 cm³/mol. The Hall–Kier alpha value is -1.34. The second kappa shape index (κ2) is 10.5. The van der Waals surface area contributed by atoms with Gasteiger partial charge in [-0.2, -0.15) is 0 Å². The maximum Gasteiger partial charge on any atom is 0.408 e. The quantitative estimate of drug-likeness (QED) is 0.536. The van der Waals surface area contributed by atoms with Gasteiger partial charge in [0.05, 0.1) is 19.8 Å². The predicted octanol–water partition coefficient (Wildman–Crippen LogP) is 1.95. The molecule has 0 radical (unpaired) electrons. The molecule has 0 aromatic carbocycles. The summed E-state index contributed by atoms with van der Waals surface area (Å²) in [6.45, 7) is 11.5. The summed E-state index contributed by atoms with van der Waals surface area (Å²) >= 11 is 0. The van der Waals surface area contributed by atoms with E-state index in [0.29, 0.717) is 32.8 Å². The topological polar surface area (TPSA) is 77.1 Å². The van der Waals surface area contributed by atoms with Crippen molar-refractivity contribution in [2.75, 3.05) is 39.5 Å². The van der Waals surface area contributed by atoms with E-state index in [1.165, 1.54) is 0 Å². The smallest absolute Gasteiger partial charge is 0.408 e. The molecule has 0 unspecified atom stereocenters. The molecule has 1 aliphatic rings. The van der Waals surface area contributed by atoms with Gasteiger partial charge in [0.15, 0.2) is 0 Å². The summed E-state index contributed by atoms with van der Waals surface area (Å²) in [6.07, 6.45) is 1.66. The van der Waals surface area contributed by atoms with Crippen LogP contribution in [0.25, 0.3) is 0 Å². The minimum absolute atomic E-state index is 0.374. The van der Waals surface area contributed by atoms with Gasteiger partial charge in [0.25, 0.3) is 0 Å². The highest BCUT2D eigenvalue weighted by Crippen LogP contribution is 2.09. The fraction of sp³-hybridized carbons (Fsp3) is 0.882. The fourth-order valence-electron chi connectivity index (χ4n) is 2.25. The summed E-state index contributed by atoms with van der Waals surface area (Å²) in [7, 11) is 0. The molecule has 0 aliphatic carbocycles. The molecular formula is C17H32N2O5. The molecular weight excluding hydrogens is 312 g/mol. The van der Waals surface area contributed by atoms with Crippen molar-refractivity contribution in [3.05, 3.63) is 0 Å². The second-order valence-corrected chi connectivity index (χ2v) is 6.96. The number of nitrogens with zero attached hydrogens (tertiary/aromatic N) is 1. The Bertz CT molecular complexity index is 389. The van der Waals surface area contributed by atoms with Crippen molar-refractivity contribution in [1.82, 2.24) is 10.2 Å². The molecule has 1 rings (SSSR count). The van der Waals surface area contributed by atoms with E-state index in [1.807, 2.05) is 6.92 Å². The van der Waals surface area contributed by atoms with Gasteiger partial charge in [-0.3, -0.25) is 4.90 Å². The Kier molecular flexibility index (Phi) is 9.07. The van der Waals surface area contributed by atoms with Crippen molar-refractivity contribution in [2.45, 2.75) is 58.6 Å². The first-order chi connectivity index (χ1) is 11.3. The van der Waals surface area contributed by atoms with Crippen LogP contribution in [0.1, 0.15) is 47.0 Å². The minimum atomic E-state index is -0.695. The number of unbranched alkanes of at least 4 members (excludes halogenated alkanes) is 1. The van der Waals surface area contributed by atoms with Crippen LogP contribution in [-0.2, 0) is 19.0 Å². The summed E-state index contributed by atoms with van der Waals surface area (Å²) in [4.78, 5) is 26.5. The first-order valence-electron chi connectivity index (χ1n) is 8.78. The van der Waals surface area contributed by atoms with Gasteiger partial charge in [0, 0.05) is 19.6 Å². The summed E-state index contributed by atoms with van der Waals surface area (Å²) in [5.74, 6) is -0.400. The van der Waals surface area contributed by atoms with E-state index in [9.17, 15) is 9.59 Å². The first kappa shape index (κ1) is 20.7. The zero-order valence-corrected chi connectivity index (χ0v) is 15.4. The molecule has 1 N–H and O–H groups in total. The molecule has 0 spiro atoms. The summed E-state index contributed by atoms with van der Waals surface area (Å²) < 4.78 is 15.8. The SMILES string of the molecule is CCCCOC(=O)[C@H](CCN1CCOCC1)NC(=O)OC(C)(C)C. The average Bonchev–Trinajstić information content (AvgIpc) is 2.50. The molecule has 0 aromatic rings. The number of nitrogens with one attached hydrogen (secondary N) is 1. The third-order valence-electron chi connectivity index (χ3n) is 3.56. The Morgan fingerprint density at radius 1 is 1.25 bits per heavy atom. The number of hydrogen-bond donors (Lipinski definition) is 1. The van der Waals surface area contributed by atoms with Gasteiger partial charge in [0.1, 0.15) is 11.6 Å². The highest BCUT2D eigenvalue weighted by atomic mass is 16.6. The van der Waals surface area contributed by atoms with E-state index in [0.717, 1.165) is 25.9 Å². The summed E-state index contributed by atoms with van der Waals surface area (Å²) in [5.41, 5.74) is -0.606. The van der Waals surface area contributed by atoms with E-state index in [4.69, 9.17) is 14.2 Å². The molecule has 24 heavy (non-hydrogen) atoms. The number of morpholine rings is 1. The number of alkyl carbamates (subject to hydrolysis) is 1. The lowest BCUT2D eigenvalue weighted by molar-refractivity contribution is -0.146. The molecule has 1 fully saturated rings.